The number of thiazole rings is 1. The number of nitrogens with one attached hydrogen (secondary N) is 1. The first-order chi connectivity index (χ1) is 8.63. The lowest BCUT2D eigenvalue weighted by molar-refractivity contribution is -0.120. The first-order valence-corrected chi connectivity index (χ1v) is 6.43. The van der Waals surface area contributed by atoms with Crippen LogP contribution in [0.1, 0.15) is 16.3 Å². The van der Waals surface area contributed by atoms with Crippen molar-refractivity contribution < 1.29 is 9.18 Å². The van der Waals surface area contributed by atoms with Crippen molar-refractivity contribution in [3.05, 3.63) is 51.7 Å². The predicted octanol–water partition coefficient (Wildman–Crippen LogP) is 2.45. The Kier molecular flexibility index (Phi) is 4.04. The maximum absolute atomic E-state index is 12.7. The molecular formula is C13H13FN2OS. The van der Waals surface area contributed by atoms with Crippen LogP contribution in [-0.4, -0.2) is 10.9 Å². The standard InChI is InChI=1S/C13H13FN2OS/c1-9-16-12(8-18-9)7-15-13(17)6-10-2-4-11(14)5-3-10/h2-5,8H,6-7H2,1H3,(H,15,17). The van der Waals surface area contributed by atoms with E-state index in [0.717, 1.165) is 16.3 Å². The lowest BCUT2D eigenvalue weighted by Gasteiger charge is -2.03. The van der Waals surface area contributed by atoms with Gasteiger partial charge in [-0.05, 0) is 24.6 Å². The van der Waals surface area contributed by atoms with Crippen LogP contribution < -0.4 is 5.32 Å². The van der Waals surface area contributed by atoms with Crippen LogP contribution in [0.15, 0.2) is 29.6 Å². The van der Waals surface area contributed by atoms with Crippen molar-refractivity contribution in [1.29, 1.82) is 0 Å². The Morgan fingerprint density at radius 2 is 2.11 bits per heavy atom. The van der Waals surface area contributed by atoms with Crippen LogP contribution in [-0.2, 0) is 17.8 Å². The van der Waals surface area contributed by atoms with E-state index in [-0.39, 0.29) is 18.1 Å². The van der Waals surface area contributed by atoms with E-state index in [0.29, 0.717) is 6.54 Å². The average Bonchev–Trinajstić information content (AvgIpc) is 2.76. The summed E-state index contributed by atoms with van der Waals surface area (Å²) in [6.45, 7) is 2.36. The number of benzene rings is 1. The second-order valence-electron chi connectivity index (χ2n) is 3.94. The Morgan fingerprint density at radius 3 is 2.72 bits per heavy atom. The molecule has 94 valence electrons. The van der Waals surface area contributed by atoms with Crippen LogP contribution in [0.4, 0.5) is 4.39 Å². The molecule has 18 heavy (non-hydrogen) atoms. The highest BCUT2D eigenvalue weighted by Gasteiger charge is 2.05. The zero-order valence-corrected chi connectivity index (χ0v) is 10.8. The van der Waals surface area contributed by atoms with Gasteiger partial charge in [0.15, 0.2) is 0 Å². The number of carbonyl (C=O) groups is 1. The molecule has 0 aliphatic rings. The van der Waals surface area contributed by atoms with Crippen molar-refractivity contribution in [2.45, 2.75) is 19.9 Å². The molecule has 0 unspecified atom stereocenters. The lowest BCUT2D eigenvalue weighted by Crippen LogP contribution is -2.24. The van der Waals surface area contributed by atoms with Crippen LogP contribution in [0.2, 0.25) is 0 Å². The van der Waals surface area contributed by atoms with E-state index < -0.39 is 0 Å². The zero-order chi connectivity index (χ0) is 13.0. The van der Waals surface area contributed by atoms with E-state index in [1.165, 1.54) is 12.1 Å². The molecule has 1 N–H and O–H groups in total. The van der Waals surface area contributed by atoms with E-state index in [1.54, 1.807) is 23.5 Å². The third kappa shape index (κ3) is 3.63. The molecule has 1 amide bonds. The van der Waals surface area contributed by atoms with E-state index in [4.69, 9.17) is 0 Å². The molecule has 0 aliphatic heterocycles. The van der Waals surface area contributed by atoms with Gasteiger partial charge < -0.3 is 5.32 Å². The van der Waals surface area contributed by atoms with E-state index >= 15 is 0 Å². The highest BCUT2D eigenvalue weighted by atomic mass is 32.1. The number of halogens is 1. The summed E-state index contributed by atoms with van der Waals surface area (Å²) in [5.41, 5.74) is 1.66. The predicted molar refractivity (Wildman–Crippen MR) is 68.8 cm³/mol. The SMILES string of the molecule is Cc1nc(CNC(=O)Cc2ccc(F)cc2)cs1. The topological polar surface area (TPSA) is 42.0 Å². The van der Waals surface area contributed by atoms with Gasteiger partial charge in [0.1, 0.15) is 5.82 Å². The first kappa shape index (κ1) is 12.7. The second kappa shape index (κ2) is 5.73. The molecule has 1 aromatic carbocycles. The number of aryl methyl sites for hydroxylation is 1. The van der Waals surface area contributed by atoms with Crippen molar-refractivity contribution in [3.63, 3.8) is 0 Å². The number of hydrogen-bond donors (Lipinski definition) is 1. The molecule has 2 rings (SSSR count). The van der Waals surface area contributed by atoms with Gasteiger partial charge in [0.2, 0.25) is 5.91 Å². The summed E-state index contributed by atoms with van der Waals surface area (Å²) < 4.78 is 12.7. The van der Waals surface area contributed by atoms with Gasteiger partial charge in [0, 0.05) is 5.38 Å². The fraction of sp³-hybridized carbons (Fsp3) is 0.231. The molecule has 1 aromatic heterocycles. The van der Waals surface area contributed by atoms with Gasteiger partial charge in [0.25, 0.3) is 0 Å². The number of aromatic nitrogens is 1. The maximum Gasteiger partial charge on any atom is 0.224 e. The molecule has 2 aromatic rings. The minimum atomic E-state index is -0.294. The quantitative estimate of drug-likeness (QED) is 0.921. The summed E-state index contributed by atoms with van der Waals surface area (Å²) in [6.07, 6.45) is 0.253. The molecule has 0 atom stereocenters. The number of rotatable bonds is 4. The third-order valence-electron chi connectivity index (χ3n) is 2.41. The molecule has 0 saturated heterocycles. The Bertz CT molecular complexity index is 536. The molecule has 5 heteroatoms. The monoisotopic (exact) mass is 264 g/mol. The Hall–Kier alpha value is -1.75. The Balaban J connectivity index is 1.83. The minimum absolute atomic E-state index is 0.0905. The normalized spacial score (nSPS) is 10.3. The van der Waals surface area contributed by atoms with Gasteiger partial charge in [0.05, 0.1) is 23.7 Å². The van der Waals surface area contributed by atoms with Crippen molar-refractivity contribution in [1.82, 2.24) is 10.3 Å². The fourth-order valence-electron chi connectivity index (χ4n) is 1.53. The van der Waals surface area contributed by atoms with Gasteiger partial charge in [-0.15, -0.1) is 11.3 Å². The molecule has 3 nitrogen and oxygen atoms in total. The van der Waals surface area contributed by atoms with Crippen LogP contribution >= 0.6 is 11.3 Å². The molecule has 0 spiro atoms. The highest BCUT2D eigenvalue weighted by Crippen LogP contribution is 2.07. The van der Waals surface area contributed by atoms with Gasteiger partial charge >= 0.3 is 0 Å². The smallest absolute Gasteiger partial charge is 0.224 e. The van der Waals surface area contributed by atoms with Gasteiger partial charge in [-0.1, -0.05) is 12.1 Å². The first-order valence-electron chi connectivity index (χ1n) is 5.55. The van der Waals surface area contributed by atoms with Crippen LogP contribution in [0.25, 0.3) is 0 Å². The van der Waals surface area contributed by atoms with E-state index in [9.17, 15) is 9.18 Å². The maximum atomic E-state index is 12.7. The summed E-state index contributed by atoms with van der Waals surface area (Å²) in [7, 11) is 0. The van der Waals surface area contributed by atoms with Gasteiger partial charge in [-0.25, -0.2) is 9.37 Å². The molecular weight excluding hydrogens is 251 g/mol. The van der Waals surface area contributed by atoms with Crippen LogP contribution in [0.5, 0.6) is 0 Å². The van der Waals surface area contributed by atoms with Crippen molar-refractivity contribution >= 4 is 17.2 Å². The molecule has 0 bridgehead atoms. The summed E-state index contributed by atoms with van der Waals surface area (Å²) in [5, 5.41) is 5.70. The summed E-state index contributed by atoms with van der Waals surface area (Å²) >= 11 is 1.56. The minimum Gasteiger partial charge on any atom is -0.350 e. The number of nitrogens with zero attached hydrogens (tertiary/aromatic N) is 1. The number of amides is 1. The fourth-order valence-corrected chi connectivity index (χ4v) is 2.14. The molecule has 1 heterocycles. The largest absolute Gasteiger partial charge is 0.350 e. The summed E-state index contributed by atoms with van der Waals surface area (Å²) in [6, 6.07) is 5.93. The lowest BCUT2D eigenvalue weighted by atomic mass is 10.1. The van der Waals surface area contributed by atoms with E-state index in [2.05, 4.69) is 10.3 Å². The molecule has 0 saturated carbocycles. The number of carbonyl (C=O) groups excluding carboxylic acids is 1. The number of hydrogen-bond acceptors (Lipinski definition) is 3. The Labute approximate surface area is 109 Å². The highest BCUT2D eigenvalue weighted by molar-refractivity contribution is 7.09. The van der Waals surface area contributed by atoms with Crippen molar-refractivity contribution in [3.8, 4) is 0 Å². The third-order valence-corrected chi connectivity index (χ3v) is 3.23. The second-order valence-corrected chi connectivity index (χ2v) is 5.00. The summed E-state index contributed by atoms with van der Waals surface area (Å²) in [4.78, 5) is 15.9. The van der Waals surface area contributed by atoms with Crippen LogP contribution in [0, 0.1) is 12.7 Å². The van der Waals surface area contributed by atoms with Gasteiger partial charge in [-0.2, -0.15) is 0 Å². The molecule has 0 aliphatic carbocycles. The van der Waals surface area contributed by atoms with Crippen molar-refractivity contribution in [2.75, 3.05) is 0 Å². The van der Waals surface area contributed by atoms with Gasteiger partial charge in [-0.3, -0.25) is 4.79 Å². The average molecular weight is 264 g/mol. The zero-order valence-electron chi connectivity index (χ0n) is 9.94. The molecule has 0 fully saturated rings. The summed E-state index contributed by atoms with van der Waals surface area (Å²) in [5.74, 6) is -0.385. The van der Waals surface area contributed by atoms with E-state index in [1.807, 2.05) is 12.3 Å². The Morgan fingerprint density at radius 1 is 1.39 bits per heavy atom. The van der Waals surface area contributed by atoms with Crippen molar-refractivity contribution in [2.24, 2.45) is 0 Å². The van der Waals surface area contributed by atoms with Crippen LogP contribution in [0.3, 0.4) is 0 Å². The molecule has 0 radical (unpaired) electrons.